The van der Waals surface area contributed by atoms with Gasteiger partial charge in [0, 0.05) is 30.9 Å². The van der Waals surface area contributed by atoms with Gasteiger partial charge in [-0.05, 0) is 68.9 Å². The summed E-state index contributed by atoms with van der Waals surface area (Å²) in [5, 5.41) is 0. The second-order valence-electron chi connectivity index (χ2n) is 7.15. The summed E-state index contributed by atoms with van der Waals surface area (Å²) in [6.45, 7) is 3.35. The van der Waals surface area contributed by atoms with Gasteiger partial charge in [-0.1, -0.05) is 13.0 Å². The highest BCUT2D eigenvalue weighted by Gasteiger charge is 2.37. The Morgan fingerprint density at radius 2 is 2.23 bits per heavy atom. The maximum Gasteiger partial charge on any atom is 0.222 e. The van der Waals surface area contributed by atoms with Gasteiger partial charge in [0.05, 0.1) is 0 Å². The zero-order chi connectivity index (χ0) is 15.4. The van der Waals surface area contributed by atoms with E-state index in [0.717, 1.165) is 36.9 Å². The Morgan fingerprint density at radius 1 is 1.32 bits per heavy atom. The van der Waals surface area contributed by atoms with E-state index in [1.54, 1.807) is 0 Å². The third-order valence-electron chi connectivity index (χ3n) is 5.45. The number of likely N-dealkylation sites (tertiary alicyclic amines) is 1. The Hall–Kier alpha value is -1.38. The molecule has 1 aliphatic carbocycles. The molecule has 2 fully saturated rings. The van der Waals surface area contributed by atoms with Crippen LogP contribution in [0.3, 0.4) is 0 Å². The molecule has 1 aliphatic heterocycles. The molecule has 0 bridgehead atoms. The van der Waals surface area contributed by atoms with Crippen LogP contribution in [0, 0.1) is 11.8 Å². The van der Waals surface area contributed by atoms with E-state index in [2.05, 4.69) is 16.8 Å². The molecule has 22 heavy (non-hydrogen) atoms. The molecule has 0 aromatic carbocycles. The first kappa shape index (κ1) is 15.5. The molecule has 3 heteroatoms. The van der Waals surface area contributed by atoms with Crippen LogP contribution in [0.15, 0.2) is 24.4 Å². The highest BCUT2D eigenvalue weighted by molar-refractivity contribution is 5.76. The highest BCUT2D eigenvalue weighted by atomic mass is 16.2. The van der Waals surface area contributed by atoms with Crippen molar-refractivity contribution in [1.82, 2.24) is 9.88 Å². The Morgan fingerprint density at radius 3 is 3.05 bits per heavy atom. The topological polar surface area (TPSA) is 33.2 Å². The summed E-state index contributed by atoms with van der Waals surface area (Å²) in [6.07, 6.45) is 10.7. The second-order valence-corrected chi connectivity index (χ2v) is 7.15. The lowest BCUT2D eigenvalue weighted by molar-refractivity contribution is -0.138. The van der Waals surface area contributed by atoms with Crippen molar-refractivity contribution in [3.63, 3.8) is 0 Å². The number of amides is 1. The number of piperidine rings is 1. The lowest BCUT2D eigenvalue weighted by atomic mass is 9.74. The first-order valence-corrected chi connectivity index (χ1v) is 8.93. The van der Waals surface area contributed by atoms with Crippen molar-refractivity contribution in [2.24, 2.45) is 11.8 Å². The van der Waals surface area contributed by atoms with Crippen LogP contribution in [0.4, 0.5) is 0 Å². The maximum atomic E-state index is 12.6. The number of rotatable bonds is 4. The number of hydrogen-bond donors (Lipinski definition) is 0. The Bertz CT molecular complexity index is 487. The molecule has 120 valence electrons. The number of aryl methyl sites for hydroxylation is 1. The zero-order valence-electron chi connectivity index (χ0n) is 13.7. The van der Waals surface area contributed by atoms with E-state index in [4.69, 9.17) is 0 Å². The van der Waals surface area contributed by atoms with Crippen LogP contribution in [0.25, 0.3) is 0 Å². The number of carbonyl (C=O) groups excluding carboxylic acids is 1. The van der Waals surface area contributed by atoms with Crippen LogP contribution in [-0.2, 0) is 11.2 Å². The number of aromatic nitrogens is 1. The van der Waals surface area contributed by atoms with Gasteiger partial charge in [-0.3, -0.25) is 9.78 Å². The molecule has 1 amide bonds. The Kier molecular flexibility index (Phi) is 5.12. The number of pyridine rings is 1. The van der Waals surface area contributed by atoms with E-state index < -0.39 is 0 Å². The van der Waals surface area contributed by atoms with Gasteiger partial charge in [-0.15, -0.1) is 0 Å². The van der Waals surface area contributed by atoms with E-state index in [9.17, 15) is 4.79 Å². The normalized spacial score (nSPS) is 28.2. The van der Waals surface area contributed by atoms with Crippen molar-refractivity contribution < 1.29 is 4.79 Å². The van der Waals surface area contributed by atoms with Crippen LogP contribution >= 0.6 is 0 Å². The quantitative estimate of drug-likeness (QED) is 0.846. The van der Waals surface area contributed by atoms with Crippen molar-refractivity contribution in [2.45, 2.75) is 64.3 Å². The van der Waals surface area contributed by atoms with Crippen molar-refractivity contribution >= 4 is 5.91 Å². The fourth-order valence-corrected chi connectivity index (χ4v) is 4.31. The summed E-state index contributed by atoms with van der Waals surface area (Å²) >= 11 is 0. The molecule has 1 saturated heterocycles. The van der Waals surface area contributed by atoms with Crippen LogP contribution in [0.5, 0.6) is 0 Å². The number of nitrogens with zero attached hydrogens (tertiary/aromatic N) is 2. The molecule has 0 spiro atoms. The molecule has 1 aromatic rings. The molecule has 2 heterocycles. The minimum atomic E-state index is 0.375. The monoisotopic (exact) mass is 300 g/mol. The van der Waals surface area contributed by atoms with Gasteiger partial charge in [-0.25, -0.2) is 0 Å². The smallest absolute Gasteiger partial charge is 0.222 e. The zero-order valence-corrected chi connectivity index (χ0v) is 13.7. The van der Waals surface area contributed by atoms with Gasteiger partial charge in [0.15, 0.2) is 0 Å². The van der Waals surface area contributed by atoms with Crippen LogP contribution in [0.2, 0.25) is 0 Å². The SMILES string of the molecule is C[C@@H]1CC[C@H]2[C@@H](CCCN2C(=O)CCCc2ccccn2)C1. The average Bonchev–Trinajstić information content (AvgIpc) is 2.55. The highest BCUT2D eigenvalue weighted by Crippen LogP contribution is 2.38. The summed E-state index contributed by atoms with van der Waals surface area (Å²) < 4.78 is 0. The fourth-order valence-electron chi connectivity index (χ4n) is 4.31. The van der Waals surface area contributed by atoms with E-state index in [1.165, 1.54) is 32.1 Å². The average molecular weight is 300 g/mol. The van der Waals surface area contributed by atoms with Gasteiger partial charge in [-0.2, -0.15) is 0 Å². The summed E-state index contributed by atoms with van der Waals surface area (Å²) in [6, 6.07) is 6.53. The Balaban J connectivity index is 1.51. The van der Waals surface area contributed by atoms with Gasteiger partial charge in [0.2, 0.25) is 5.91 Å². The largest absolute Gasteiger partial charge is 0.339 e. The van der Waals surface area contributed by atoms with Crippen molar-refractivity contribution in [3.05, 3.63) is 30.1 Å². The predicted molar refractivity (Wildman–Crippen MR) is 88.4 cm³/mol. The minimum Gasteiger partial charge on any atom is -0.339 e. The molecule has 0 unspecified atom stereocenters. The fraction of sp³-hybridized carbons (Fsp3) is 0.684. The second kappa shape index (κ2) is 7.26. The number of carbonyl (C=O) groups is 1. The van der Waals surface area contributed by atoms with E-state index >= 15 is 0 Å². The molecule has 1 aromatic heterocycles. The van der Waals surface area contributed by atoms with Crippen molar-refractivity contribution in [2.75, 3.05) is 6.54 Å². The lowest BCUT2D eigenvalue weighted by Crippen LogP contribution is -2.50. The molecule has 1 saturated carbocycles. The molecular formula is C19H28N2O. The maximum absolute atomic E-state index is 12.6. The molecule has 3 nitrogen and oxygen atoms in total. The van der Waals surface area contributed by atoms with E-state index in [-0.39, 0.29) is 0 Å². The van der Waals surface area contributed by atoms with Gasteiger partial charge in [0.1, 0.15) is 0 Å². The summed E-state index contributed by atoms with van der Waals surface area (Å²) in [5.41, 5.74) is 1.10. The third kappa shape index (κ3) is 3.68. The molecule has 3 rings (SSSR count). The molecule has 3 atom stereocenters. The first-order chi connectivity index (χ1) is 10.7. The Labute approximate surface area is 134 Å². The van der Waals surface area contributed by atoms with Gasteiger partial charge in [0.25, 0.3) is 0 Å². The van der Waals surface area contributed by atoms with Gasteiger partial charge >= 0.3 is 0 Å². The summed E-state index contributed by atoms with van der Waals surface area (Å²) in [7, 11) is 0. The minimum absolute atomic E-state index is 0.375. The van der Waals surface area contributed by atoms with E-state index in [0.29, 0.717) is 18.4 Å². The molecule has 2 aliphatic rings. The van der Waals surface area contributed by atoms with Crippen molar-refractivity contribution in [3.8, 4) is 0 Å². The number of fused-ring (bicyclic) bond motifs is 1. The van der Waals surface area contributed by atoms with Gasteiger partial charge < -0.3 is 4.90 Å². The van der Waals surface area contributed by atoms with Crippen molar-refractivity contribution in [1.29, 1.82) is 0 Å². The lowest BCUT2D eigenvalue weighted by Gasteiger charge is -2.45. The first-order valence-electron chi connectivity index (χ1n) is 8.93. The predicted octanol–water partition coefficient (Wildman–Crippen LogP) is 3.83. The van der Waals surface area contributed by atoms with Crippen LogP contribution < -0.4 is 0 Å². The summed E-state index contributed by atoms with van der Waals surface area (Å²) in [5.74, 6) is 1.98. The van der Waals surface area contributed by atoms with Crippen LogP contribution in [-0.4, -0.2) is 28.4 Å². The summed E-state index contributed by atoms with van der Waals surface area (Å²) in [4.78, 5) is 19.2. The molecular weight excluding hydrogens is 272 g/mol. The standard InChI is InChI=1S/C19H28N2O/c1-15-10-11-18-16(14-15)6-5-13-21(18)19(22)9-4-8-17-7-2-3-12-20-17/h2-3,7,12,15-16,18H,4-6,8-11,13-14H2,1H3/t15-,16+,18+/m1/s1. The third-order valence-corrected chi connectivity index (χ3v) is 5.45. The van der Waals surface area contributed by atoms with E-state index in [1.807, 2.05) is 24.4 Å². The number of hydrogen-bond acceptors (Lipinski definition) is 2. The molecule has 0 N–H and O–H groups in total. The van der Waals surface area contributed by atoms with Crippen LogP contribution in [0.1, 0.15) is 57.6 Å². The molecule has 0 radical (unpaired) electrons.